The number of rotatable bonds is 4. The van der Waals surface area contributed by atoms with Crippen molar-refractivity contribution >= 4 is 5.97 Å². The van der Waals surface area contributed by atoms with Gasteiger partial charge in [0.15, 0.2) is 0 Å². The normalized spacial score (nSPS) is 23.4. The Morgan fingerprint density at radius 1 is 1.73 bits per heavy atom. The Labute approximate surface area is 90.8 Å². The molecule has 0 saturated carbocycles. The fourth-order valence-corrected chi connectivity index (χ4v) is 2.12. The second kappa shape index (κ2) is 5.72. The number of methoxy groups -OCH3 is 1. The van der Waals surface area contributed by atoms with E-state index in [1.165, 1.54) is 7.11 Å². The molecule has 0 aromatic carbocycles. The Morgan fingerprint density at radius 3 is 3.00 bits per heavy atom. The predicted octanol–water partition coefficient (Wildman–Crippen LogP) is 1.17. The summed E-state index contributed by atoms with van der Waals surface area (Å²) < 4.78 is 4.73. The third-order valence-electron chi connectivity index (χ3n) is 3.07. The number of ether oxygens (including phenoxy) is 1. The Bertz CT molecular complexity index is 260. The molecular weight excluding hydrogens is 192 g/mol. The van der Waals surface area contributed by atoms with Gasteiger partial charge in [0, 0.05) is 12.6 Å². The number of nitrogens with zero attached hydrogens (tertiary/aromatic N) is 2. The van der Waals surface area contributed by atoms with Crippen molar-refractivity contribution in [2.75, 3.05) is 20.2 Å². The van der Waals surface area contributed by atoms with Gasteiger partial charge in [-0.3, -0.25) is 9.69 Å². The lowest BCUT2D eigenvalue weighted by atomic mass is 10.1. The lowest BCUT2D eigenvalue weighted by Gasteiger charge is -2.24. The van der Waals surface area contributed by atoms with E-state index in [1.807, 2.05) is 0 Å². The number of likely N-dealkylation sites (tertiary alicyclic amines) is 1. The summed E-state index contributed by atoms with van der Waals surface area (Å²) in [5.74, 6) is -0.118. The minimum Gasteiger partial charge on any atom is -0.469 e. The molecule has 2 atom stereocenters. The Morgan fingerprint density at radius 2 is 2.47 bits per heavy atom. The molecule has 0 bridgehead atoms. The van der Waals surface area contributed by atoms with Crippen LogP contribution in [0.2, 0.25) is 0 Å². The monoisotopic (exact) mass is 210 g/mol. The van der Waals surface area contributed by atoms with Gasteiger partial charge >= 0.3 is 5.97 Å². The quantitative estimate of drug-likeness (QED) is 0.654. The van der Waals surface area contributed by atoms with Gasteiger partial charge in [0.1, 0.15) is 0 Å². The van der Waals surface area contributed by atoms with Gasteiger partial charge in [0.2, 0.25) is 0 Å². The van der Waals surface area contributed by atoms with Gasteiger partial charge in [0.05, 0.1) is 25.5 Å². The smallest absolute Gasteiger partial charge is 0.310 e. The first-order chi connectivity index (χ1) is 7.22. The molecule has 1 rings (SSSR count). The van der Waals surface area contributed by atoms with Crippen LogP contribution in [0.4, 0.5) is 0 Å². The number of nitriles is 1. The molecule has 1 fully saturated rings. The van der Waals surface area contributed by atoms with Crippen LogP contribution in [0.1, 0.15) is 26.2 Å². The highest BCUT2D eigenvalue weighted by atomic mass is 16.5. The lowest BCUT2D eigenvalue weighted by molar-refractivity contribution is -0.145. The van der Waals surface area contributed by atoms with Crippen LogP contribution in [-0.4, -0.2) is 37.1 Å². The molecule has 0 radical (unpaired) electrons. The molecule has 0 aromatic rings. The molecule has 84 valence electrons. The maximum Gasteiger partial charge on any atom is 0.310 e. The maximum atomic E-state index is 11.3. The van der Waals surface area contributed by atoms with Gasteiger partial charge < -0.3 is 4.74 Å². The Hall–Kier alpha value is -1.08. The molecule has 0 spiro atoms. The molecule has 1 aliphatic rings. The topological polar surface area (TPSA) is 53.3 Å². The van der Waals surface area contributed by atoms with Crippen molar-refractivity contribution in [2.45, 2.75) is 32.2 Å². The number of hydrogen-bond acceptors (Lipinski definition) is 4. The lowest BCUT2D eigenvalue weighted by Crippen LogP contribution is -2.33. The molecule has 1 heterocycles. The standard InChI is InChI=1S/C11H18N2O2/c1-3-10(4-6-12)13-7-5-9(8-13)11(14)15-2/h9-10H,3-5,7-8H2,1-2H3. The van der Waals surface area contributed by atoms with E-state index >= 15 is 0 Å². The van der Waals surface area contributed by atoms with E-state index < -0.39 is 0 Å². The minimum atomic E-state index is -0.121. The van der Waals surface area contributed by atoms with E-state index in [9.17, 15) is 4.79 Å². The van der Waals surface area contributed by atoms with Gasteiger partial charge in [-0.1, -0.05) is 6.92 Å². The van der Waals surface area contributed by atoms with E-state index in [4.69, 9.17) is 10.00 Å². The van der Waals surface area contributed by atoms with E-state index in [1.54, 1.807) is 0 Å². The molecule has 0 aliphatic carbocycles. The summed E-state index contributed by atoms with van der Waals surface area (Å²) in [6.07, 6.45) is 2.36. The van der Waals surface area contributed by atoms with Crippen molar-refractivity contribution in [1.29, 1.82) is 5.26 Å². The highest BCUT2D eigenvalue weighted by molar-refractivity contribution is 5.72. The van der Waals surface area contributed by atoms with Crippen molar-refractivity contribution in [1.82, 2.24) is 4.90 Å². The summed E-state index contributed by atoms with van der Waals surface area (Å²) in [6, 6.07) is 2.49. The van der Waals surface area contributed by atoms with E-state index in [0.29, 0.717) is 12.5 Å². The van der Waals surface area contributed by atoms with Crippen LogP contribution in [0.5, 0.6) is 0 Å². The average molecular weight is 210 g/mol. The first kappa shape index (κ1) is 12.0. The zero-order valence-electron chi connectivity index (χ0n) is 9.40. The number of esters is 1. The average Bonchev–Trinajstić information content (AvgIpc) is 2.73. The molecule has 0 amide bonds. The zero-order chi connectivity index (χ0) is 11.3. The van der Waals surface area contributed by atoms with Crippen LogP contribution in [-0.2, 0) is 9.53 Å². The Kier molecular flexibility index (Phi) is 4.57. The third-order valence-corrected chi connectivity index (χ3v) is 3.07. The summed E-state index contributed by atoms with van der Waals surface area (Å²) in [7, 11) is 1.43. The molecule has 2 unspecified atom stereocenters. The molecule has 15 heavy (non-hydrogen) atoms. The number of carbonyl (C=O) groups is 1. The van der Waals surface area contributed by atoms with Crippen molar-refractivity contribution in [3.05, 3.63) is 0 Å². The summed E-state index contributed by atoms with van der Waals surface area (Å²) in [5.41, 5.74) is 0. The molecule has 1 aliphatic heterocycles. The van der Waals surface area contributed by atoms with Crippen LogP contribution >= 0.6 is 0 Å². The van der Waals surface area contributed by atoms with Gasteiger partial charge in [0.25, 0.3) is 0 Å². The van der Waals surface area contributed by atoms with E-state index in [2.05, 4.69) is 17.9 Å². The molecule has 4 nitrogen and oxygen atoms in total. The fourth-order valence-electron chi connectivity index (χ4n) is 2.12. The molecule has 1 saturated heterocycles. The van der Waals surface area contributed by atoms with Crippen LogP contribution in [0.15, 0.2) is 0 Å². The van der Waals surface area contributed by atoms with Crippen molar-refractivity contribution in [3.8, 4) is 6.07 Å². The molecule has 0 aromatic heterocycles. The van der Waals surface area contributed by atoms with E-state index in [0.717, 1.165) is 25.9 Å². The van der Waals surface area contributed by atoms with Crippen molar-refractivity contribution < 1.29 is 9.53 Å². The van der Waals surface area contributed by atoms with Crippen LogP contribution in [0, 0.1) is 17.2 Å². The van der Waals surface area contributed by atoms with Gasteiger partial charge in [-0.25, -0.2) is 0 Å². The van der Waals surface area contributed by atoms with Gasteiger partial charge in [-0.15, -0.1) is 0 Å². The Balaban J connectivity index is 2.47. The second-order valence-electron chi connectivity index (χ2n) is 3.93. The number of hydrogen-bond donors (Lipinski definition) is 0. The predicted molar refractivity (Wildman–Crippen MR) is 56.0 cm³/mol. The van der Waals surface area contributed by atoms with Crippen LogP contribution in [0.3, 0.4) is 0 Å². The zero-order valence-corrected chi connectivity index (χ0v) is 9.40. The first-order valence-corrected chi connectivity index (χ1v) is 5.41. The largest absolute Gasteiger partial charge is 0.469 e. The maximum absolute atomic E-state index is 11.3. The van der Waals surface area contributed by atoms with Crippen LogP contribution in [0.25, 0.3) is 0 Å². The summed E-state index contributed by atoms with van der Waals surface area (Å²) >= 11 is 0. The summed E-state index contributed by atoms with van der Waals surface area (Å²) in [4.78, 5) is 13.5. The fraction of sp³-hybridized carbons (Fsp3) is 0.818. The highest BCUT2D eigenvalue weighted by Crippen LogP contribution is 2.22. The highest BCUT2D eigenvalue weighted by Gasteiger charge is 2.31. The minimum absolute atomic E-state index is 0.00254. The molecular formula is C11H18N2O2. The molecule has 4 heteroatoms. The van der Waals surface area contributed by atoms with Crippen LogP contribution < -0.4 is 0 Å². The molecule has 0 N–H and O–H groups in total. The van der Waals surface area contributed by atoms with Crippen molar-refractivity contribution in [2.24, 2.45) is 5.92 Å². The van der Waals surface area contributed by atoms with E-state index in [-0.39, 0.29) is 11.9 Å². The summed E-state index contributed by atoms with van der Waals surface area (Å²) in [5, 5.41) is 8.68. The van der Waals surface area contributed by atoms with Gasteiger partial charge in [-0.2, -0.15) is 5.26 Å². The number of carbonyl (C=O) groups excluding carboxylic acids is 1. The summed E-state index contributed by atoms with van der Waals surface area (Å²) in [6.45, 7) is 3.72. The van der Waals surface area contributed by atoms with Gasteiger partial charge in [-0.05, 0) is 19.4 Å². The third kappa shape index (κ3) is 2.93. The van der Waals surface area contributed by atoms with Crippen molar-refractivity contribution in [3.63, 3.8) is 0 Å². The first-order valence-electron chi connectivity index (χ1n) is 5.41. The second-order valence-corrected chi connectivity index (χ2v) is 3.93. The SMILES string of the molecule is CCC(CC#N)N1CCC(C(=O)OC)C1.